The number of amidine groups is 1. The average Bonchev–Trinajstić information content (AvgIpc) is 3.08. The van der Waals surface area contributed by atoms with E-state index in [-0.39, 0.29) is 16.7 Å². The van der Waals surface area contributed by atoms with E-state index in [0.29, 0.717) is 24.5 Å². The zero-order valence-electron chi connectivity index (χ0n) is 13.4. The van der Waals surface area contributed by atoms with Crippen LogP contribution < -0.4 is 10.0 Å². The molecule has 1 amide bonds. The summed E-state index contributed by atoms with van der Waals surface area (Å²) in [6.07, 6.45) is 8.05. The van der Waals surface area contributed by atoms with Gasteiger partial charge in [0.25, 0.3) is 10.0 Å². The number of carbonyl (C=O) groups excluding carboxylic acids is 1. The minimum Gasteiger partial charge on any atom is -0.326 e. The molecule has 128 valence electrons. The third kappa shape index (κ3) is 4.03. The molecule has 1 aliphatic carbocycles. The van der Waals surface area contributed by atoms with Crippen molar-refractivity contribution in [1.29, 1.82) is 0 Å². The molecular formula is C17H21N3O3S. The van der Waals surface area contributed by atoms with E-state index < -0.39 is 10.0 Å². The number of benzene rings is 1. The van der Waals surface area contributed by atoms with E-state index in [1.165, 1.54) is 12.1 Å². The molecule has 7 heteroatoms. The number of amides is 1. The third-order valence-electron chi connectivity index (χ3n) is 4.18. The van der Waals surface area contributed by atoms with E-state index in [0.717, 1.165) is 25.7 Å². The highest BCUT2D eigenvalue weighted by molar-refractivity contribution is 7.90. The minimum absolute atomic E-state index is 0.0544. The molecule has 1 heterocycles. The van der Waals surface area contributed by atoms with Crippen LogP contribution in [0, 0.1) is 5.92 Å². The fraction of sp³-hybridized carbons (Fsp3) is 0.412. The molecule has 1 aromatic carbocycles. The molecule has 0 saturated heterocycles. The van der Waals surface area contributed by atoms with Gasteiger partial charge in [0, 0.05) is 24.6 Å². The molecule has 0 saturated carbocycles. The molecule has 0 unspecified atom stereocenters. The van der Waals surface area contributed by atoms with Crippen molar-refractivity contribution >= 4 is 27.5 Å². The van der Waals surface area contributed by atoms with Crippen LogP contribution >= 0.6 is 0 Å². The van der Waals surface area contributed by atoms with Gasteiger partial charge in [-0.05, 0) is 43.9 Å². The van der Waals surface area contributed by atoms with Gasteiger partial charge in [-0.25, -0.2) is 8.42 Å². The van der Waals surface area contributed by atoms with Crippen molar-refractivity contribution in [1.82, 2.24) is 4.72 Å². The monoisotopic (exact) mass is 347 g/mol. The lowest BCUT2D eigenvalue weighted by Crippen LogP contribution is -2.29. The highest BCUT2D eigenvalue weighted by Gasteiger charge is 2.21. The number of anilines is 1. The lowest BCUT2D eigenvalue weighted by molar-refractivity contribution is -0.120. The summed E-state index contributed by atoms with van der Waals surface area (Å²) in [4.78, 5) is 16.5. The zero-order valence-corrected chi connectivity index (χ0v) is 14.2. The van der Waals surface area contributed by atoms with Gasteiger partial charge >= 0.3 is 0 Å². The van der Waals surface area contributed by atoms with Crippen molar-refractivity contribution in [2.45, 2.75) is 37.0 Å². The lowest BCUT2D eigenvalue weighted by atomic mass is 9.93. The number of sulfonamides is 1. The fourth-order valence-electron chi connectivity index (χ4n) is 2.85. The summed E-state index contributed by atoms with van der Waals surface area (Å²) in [5.74, 6) is 0.377. The van der Waals surface area contributed by atoms with Crippen LogP contribution in [0.25, 0.3) is 0 Å². The Hall–Kier alpha value is -2.15. The fourth-order valence-corrected chi connectivity index (χ4v) is 3.99. The Morgan fingerprint density at radius 1 is 1.25 bits per heavy atom. The molecular weight excluding hydrogens is 326 g/mol. The molecule has 0 aromatic heterocycles. The van der Waals surface area contributed by atoms with Gasteiger partial charge in [-0.1, -0.05) is 18.2 Å². The molecule has 1 aliphatic heterocycles. The molecule has 0 bridgehead atoms. The highest BCUT2D eigenvalue weighted by atomic mass is 32.2. The highest BCUT2D eigenvalue weighted by Crippen LogP contribution is 2.22. The van der Waals surface area contributed by atoms with E-state index >= 15 is 0 Å². The Bertz CT molecular complexity index is 784. The first kappa shape index (κ1) is 16.7. The van der Waals surface area contributed by atoms with E-state index in [4.69, 9.17) is 0 Å². The van der Waals surface area contributed by atoms with Crippen LogP contribution in [0.4, 0.5) is 5.69 Å². The van der Waals surface area contributed by atoms with Crippen LogP contribution in [0.5, 0.6) is 0 Å². The standard InChI is InChI=1S/C17H21N3O3S/c21-17(13-6-2-1-3-7-13)19-14-8-4-9-15(12-14)24(22,23)20-16-10-5-11-18-16/h1-2,4,8-9,12-13H,3,5-7,10-11H2,(H,18,20)(H,19,21)/t13-/m1/s1. The van der Waals surface area contributed by atoms with Gasteiger partial charge < -0.3 is 5.32 Å². The van der Waals surface area contributed by atoms with Crippen LogP contribution in [0.3, 0.4) is 0 Å². The summed E-state index contributed by atoms with van der Waals surface area (Å²) >= 11 is 0. The third-order valence-corrected chi connectivity index (χ3v) is 5.56. The smallest absolute Gasteiger partial charge is 0.262 e. The number of hydrogen-bond donors (Lipinski definition) is 2. The maximum absolute atomic E-state index is 12.4. The first-order valence-corrected chi connectivity index (χ1v) is 9.65. The molecule has 0 radical (unpaired) electrons. The molecule has 1 aromatic rings. The average molecular weight is 347 g/mol. The molecule has 6 nitrogen and oxygen atoms in total. The van der Waals surface area contributed by atoms with E-state index in [2.05, 4.69) is 21.1 Å². The summed E-state index contributed by atoms with van der Waals surface area (Å²) in [5.41, 5.74) is 0.491. The number of rotatable bonds is 4. The van der Waals surface area contributed by atoms with Crippen molar-refractivity contribution in [2.75, 3.05) is 11.9 Å². The van der Waals surface area contributed by atoms with Crippen molar-refractivity contribution in [3.8, 4) is 0 Å². The molecule has 2 aliphatic rings. The van der Waals surface area contributed by atoms with Crippen LogP contribution in [-0.2, 0) is 14.8 Å². The Labute approximate surface area is 142 Å². The maximum Gasteiger partial charge on any atom is 0.262 e. The van der Waals surface area contributed by atoms with Crippen LogP contribution in [-0.4, -0.2) is 26.7 Å². The van der Waals surface area contributed by atoms with E-state index in [1.54, 1.807) is 12.1 Å². The number of aliphatic imine (C=N–C) groups is 1. The summed E-state index contributed by atoms with van der Waals surface area (Å²) in [6.45, 7) is 0.657. The van der Waals surface area contributed by atoms with E-state index in [9.17, 15) is 13.2 Å². The van der Waals surface area contributed by atoms with Gasteiger partial charge in [-0.15, -0.1) is 0 Å². The second kappa shape index (κ2) is 7.17. The normalized spacial score (nSPS) is 20.5. The van der Waals surface area contributed by atoms with Crippen LogP contribution in [0.1, 0.15) is 32.1 Å². The van der Waals surface area contributed by atoms with E-state index in [1.807, 2.05) is 6.08 Å². The first-order chi connectivity index (χ1) is 11.5. The Kier molecular flexibility index (Phi) is 4.99. The predicted molar refractivity (Wildman–Crippen MR) is 93.4 cm³/mol. The molecule has 0 spiro atoms. The van der Waals surface area contributed by atoms with Crippen LogP contribution in [0.15, 0.2) is 46.3 Å². The molecule has 1 atom stereocenters. The molecule has 3 rings (SSSR count). The summed E-state index contributed by atoms with van der Waals surface area (Å²) in [7, 11) is -3.67. The first-order valence-electron chi connectivity index (χ1n) is 8.17. The second-order valence-corrected chi connectivity index (χ2v) is 7.72. The molecule has 24 heavy (non-hydrogen) atoms. The van der Waals surface area contributed by atoms with Gasteiger partial charge in [0.05, 0.1) is 4.90 Å². The number of allylic oxidation sites excluding steroid dienone is 2. The largest absolute Gasteiger partial charge is 0.326 e. The Balaban J connectivity index is 1.71. The summed E-state index contributed by atoms with van der Waals surface area (Å²) in [6, 6.07) is 6.31. The SMILES string of the molecule is O=C(Nc1cccc(S(=O)(=O)NC2=NCCC2)c1)[C@@H]1CC=CCC1. The maximum atomic E-state index is 12.4. The zero-order chi connectivity index (χ0) is 17.0. The number of nitrogens with zero attached hydrogens (tertiary/aromatic N) is 1. The van der Waals surface area contributed by atoms with Gasteiger partial charge in [0.2, 0.25) is 5.91 Å². The number of nitrogens with one attached hydrogen (secondary N) is 2. The predicted octanol–water partition coefficient (Wildman–Crippen LogP) is 2.45. The Morgan fingerprint density at radius 3 is 2.83 bits per heavy atom. The van der Waals surface area contributed by atoms with Crippen LogP contribution in [0.2, 0.25) is 0 Å². The Morgan fingerprint density at radius 2 is 2.12 bits per heavy atom. The van der Waals surface area contributed by atoms with Crippen molar-refractivity contribution in [2.24, 2.45) is 10.9 Å². The van der Waals surface area contributed by atoms with Crippen molar-refractivity contribution in [3.63, 3.8) is 0 Å². The summed E-state index contributed by atoms with van der Waals surface area (Å²) < 4.78 is 27.3. The number of carbonyl (C=O) groups is 1. The summed E-state index contributed by atoms with van der Waals surface area (Å²) in [5, 5.41) is 2.82. The minimum atomic E-state index is -3.67. The van der Waals surface area contributed by atoms with Gasteiger partial charge in [-0.3, -0.25) is 14.5 Å². The van der Waals surface area contributed by atoms with Crippen molar-refractivity contribution in [3.05, 3.63) is 36.4 Å². The number of hydrogen-bond acceptors (Lipinski definition) is 4. The second-order valence-electron chi connectivity index (χ2n) is 6.04. The lowest BCUT2D eigenvalue weighted by Gasteiger charge is -2.17. The van der Waals surface area contributed by atoms with Gasteiger partial charge in [-0.2, -0.15) is 0 Å². The topological polar surface area (TPSA) is 87.6 Å². The quantitative estimate of drug-likeness (QED) is 0.820. The molecule has 2 N–H and O–H groups in total. The van der Waals surface area contributed by atoms with Gasteiger partial charge in [0.15, 0.2) is 0 Å². The van der Waals surface area contributed by atoms with Crippen molar-refractivity contribution < 1.29 is 13.2 Å². The van der Waals surface area contributed by atoms with Gasteiger partial charge in [0.1, 0.15) is 5.84 Å². The molecule has 0 fully saturated rings.